The molecule has 3 heterocycles. The van der Waals surface area contributed by atoms with E-state index in [2.05, 4.69) is 56.1 Å². The van der Waals surface area contributed by atoms with Crippen molar-refractivity contribution in [2.75, 3.05) is 31.5 Å². The fourth-order valence-corrected chi connectivity index (χ4v) is 4.39. The molecule has 1 aliphatic rings. The molecule has 7 heteroatoms. The van der Waals surface area contributed by atoms with Crippen molar-refractivity contribution in [3.63, 3.8) is 0 Å². The standard InChI is InChI=1S/C23H27N7/c1-2-7-18(8-3-1)17-19-11-15-29(16-12-19)14-6-13-24-22-23-26-27-28-30(23)21-10-5-4-9-20(21)25-22/h1-5,7-10,19H,6,11-17H2,(H,24,25). The van der Waals surface area contributed by atoms with Crippen LogP contribution in [-0.4, -0.2) is 56.1 Å². The van der Waals surface area contributed by atoms with Crippen molar-refractivity contribution in [1.29, 1.82) is 0 Å². The molecule has 0 radical (unpaired) electrons. The molecule has 5 rings (SSSR count). The van der Waals surface area contributed by atoms with Crippen LogP contribution in [-0.2, 0) is 6.42 Å². The van der Waals surface area contributed by atoms with Crippen LogP contribution in [0.2, 0.25) is 0 Å². The van der Waals surface area contributed by atoms with Gasteiger partial charge in [0, 0.05) is 6.54 Å². The average molecular weight is 402 g/mol. The molecule has 1 fully saturated rings. The Balaban J connectivity index is 1.11. The van der Waals surface area contributed by atoms with Crippen molar-refractivity contribution in [2.45, 2.75) is 25.7 Å². The van der Waals surface area contributed by atoms with Gasteiger partial charge in [-0.15, -0.1) is 5.10 Å². The van der Waals surface area contributed by atoms with Gasteiger partial charge in [0.25, 0.3) is 0 Å². The van der Waals surface area contributed by atoms with E-state index in [9.17, 15) is 0 Å². The summed E-state index contributed by atoms with van der Waals surface area (Å²) in [5.41, 5.74) is 3.95. The highest BCUT2D eigenvalue weighted by molar-refractivity contribution is 5.81. The van der Waals surface area contributed by atoms with Crippen LogP contribution >= 0.6 is 0 Å². The van der Waals surface area contributed by atoms with Crippen molar-refractivity contribution in [3.8, 4) is 0 Å². The number of para-hydroxylation sites is 2. The second-order valence-corrected chi connectivity index (χ2v) is 8.12. The maximum atomic E-state index is 4.72. The Bertz CT molecular complexity index is 1100. The van der Waals surface area contributed by atoms with E-state index in [0.717, 1.165) is 42.3 Å². The zero-order chi connectivity index (χ0) is 20.2. The van der Waals surface area contributed by atoms with Gasteiger partial charge in [0.05, 0.1) is 11.0 Å². The lowest BCUT2D eigenvalue weighted by Crippen LogP contribution is -2.35. The number of aromatic nitrogens is 5. The first kappa shape index (κ1) is 18.9. The summed E-state index contributed by atoms with van der Waals surface area (Å²) in [6.45, 7) is 4.37. The minimum atomic E-state index is 0.676. The molecule has 0 amide bonds. The highest BCUT2D eigenvalue weighted by atomic mass is 15.5. The van der Waals surface area contributed by atoms with E-state index in [4.69, 9.17) is 4.98 Å². The number of tetrazole rings is 1. The predicted molar refractivity (Wildman–Crippen MR) is 118 cm³/mol. The van der Waals surface area contributed by atoms with Crippen LogP contribution in [0, 0.1) is 5.92 Å². The summed E-state index contributed by atoms with van der Waals surface area (Å²) in [7, 11) is 0. The van der Waals surface area contributed by atoms with E-state index >= 15 is 0 Å². The average Bonchev–Trinajstić information content (AvgIpc) is 3.29. The molecule has 1 saturated heterocycles. The lowest BCUT2D eigenvalue weighted by Gasteiger charge is -2.32. The van der Waals surface area contributed by atoms with Crippen LogP contribution in [0.15, 0.2) is 54.6 Å². The molecule has 7 nitrogen and oxygen atoms in total. The minimum Gasteiger partial charge on any atom is -0.367 e. The fourth-order valence-electron chi connectivity index (χ4n) is 4.39. The molecule has 2 aromatic heterocycles. The number of hydrogen-bond acceptors (Lipinski definition) is 6. The Morgan fingerprint density at radius 1 is 0.967 bits per heavy atom. The van der Waals surface area contributed by atoms with Crippen LogP contribution < -0.4 is 5.32 Å². The van der Waals surface area contributed by atoms with Gasteiger partial charge in [-0.3, -0.25) is 0 Å². The molecule has 0 spiro atoms. The molecule has 4 aromatic rings. The van der Waals surface area contributed by atoms with Gasteiger partial charge < -0.3 is 10.2 Å². The number of rotatable bonds is 7. The molecule has 30 heavy (non-hydrogen) atoms. The topological polar surface area (TPSA) is 71.2 Å². The molecule has 0 saturated carbocycles. The first-order valence-electron chi connectivity index (χ1n) is 10.8. The highest BCUT2D eigenvalue weighted by Crippen LogP contribution is 2.22. The van der Waals surface area contributed by atoms with E-state index in [-0.39, 0.29) is 0 Å². The van der Waals surface area contributed by atoms with Crippen LogP contribution in [0.3, 0.4) is 0 Å². The molecule has 0 atom stereocenters. The Hall–Kier alpha value is -3.06. The molecule has 1 aliphatic heterocycles. The first-order chi connectivity index (χ1) is 14.9. The van der Waals surface area contributed by atoms with E-state index in [1.54, 1.807) is 4.52 Å². The van der Waals surface area contributed by atoms with Crippen molar-refractivity contribution >= 4 is 22.5 Å². The van der Waals surface area contributed by atoms with E-state index in [1.165, 1.54) is 37.9 Å². The molecule has 1 N–H and O–H groups in total. The summed E-state index contributed by atoms with van der Waals surface area (Å²) in [5, 5.41) is 15.5. The summed E-state index contributed by atoms with van der Waals surface area (Å²) >= 11 is 0. The number of benzene rings is 2. The number of nitrogens with zero attached hydrogens (tertiary/aromatic N) is 6. The third kappa shape index (κ3) is 4.11. The molecule has 154 valence electrons. The van der Waals surface area contributed by atoms with E-state index in [0.29, 0.717) is 5.65 Å². The lowest BCUT2D eigenvalue weighted by atomic mass is 9.90. The zero-order valence-electron chi connectivity index (χ0n) is 17.1. The van der Waals surface area contributed by atoms with Crippen molar-refractivity contribution in [1.82, 2.24) is 29.9 Å². The number of piperidine rings is 1. The second-order valence-electron chi connectivity index (χ2n) is 8.12. The first-order valence-corrected chi connectivity index (χ1v) is 10.8. The lowest BCUT2D eigenvalue weighted by molar-refractivity contribution is 0.183. The molecule has 2 aromatic carbocycles. The van der Waals surface area contributed by atoms with Gasteiger partial charge in [-0.25, -0.2) is 4.98 Å². The second kappa shape index (κ2) is 8.75. The van der Waals surface area contributed by atoms with Crippen LogP contribution in [0.4, 0.5) is 5.82 Å². The Morgan fingerprint density at radius 2 is 1.77 bits per heavy atom. The van der Waals surface area contributed by atoms with E-state index in [1.807, 2.05) is 24.3 Å². The predicted octanol–water partition coefficient (Wildman–Crippen LogP) is 3.43. The van der Waals surface area contributed by atoms with Gasteiger partial charge in [0.2, 0.25) is 5.65 Å². The SMILES string of the molecule is c1ccc(CC2CCN(CCCNc3nc4ccccc4n4nnnc34)CC2)cc1. The number of likely N-dealkylation sites (tertiary alicyclic amines) is 1. The van der Waals surface area contributed by atoms with Gasteiger partial charge in [-0.2, -0.15) is 4.52 Å². The van der Waals surface area contributed by atoms with Gasteiger partial charge in [0.15, 0.2) is 5.82 Å². The third-order valence-corrected chi connectivity index (χ3v) is 6.04. The van der Waals surface area contributed by atoms with Crippen molar-refractivity contribution in [2.24, 2.45) is 5.92 Å². The molecular weight excluding hydrogens is 374 g/mol. The molecule has 0 bridgehead atoms. The summed E-state index contributed by atoms with van der Waals surface area (Å²) < 4.78 is 1.75. The van der Waals surface area contributed by atoms with Crippen molar-refractivity contribution in [3.05, 3.63) is 60.2 Å². The number of nitrogens with one attached hydrogen (secondary N) is 1. The normalized spacial score (nSPS) is 15.7. The van der Waals surface area contributed by atoms with Gasteiger partial charge in [-0.05, 0) is 79.4 Å². The molecule has 0 unspecified atom stereocenters. The monoisotopic (exact) mass is 401 g/mol. The summed E-state index contributed by atoms with van der Waals surface area (Å²) in [5.74, 6) is 1.57. The van der Waals surface area contributed by atoms with Gasteiger partial charge in [0.1, 0.15) is 0 Å². The number of hydrogen-bond donors (Lipinski definition) is 1. The molecular formula is C23H27N7. The maximum Gasteiger partial charge on any atom is 0.222 e. The number of fused-ring (bicyclic) bond motifs is 3. The van der Waals surface area contributed by atoms with Crippen LogP contribution in [0.25, 0.3) is 16.7 Å². The van der Waals surface area contributed by atoms with Gasteiger partial charge in [-0.1, -0.05) is 42.5 Å². The van der Waals surface area contributed by atoms with Crippen LogP contribution in [0.5, 0.6) is 0 Å². The van der Waals surface area contributed by atoms with Gasteiger partial charge >= 0.3 is 0 Å². The Kier molecular flexibility index (Phi) is 5.52. The quantitative estimate of drug-likeness (QED) is 0.479. The largest absolute Gasteiger partial charge is 0.367 e. The van der Waals surface area contributed by atoms with Crippen LogP contribution in [0.1, 0.15) is 24.8 Å². The summed E-state index contributed by atoms with van der Waals surface area (Å²) in [6, 6.07) is 18.8. The number of anilines is 1. The smallest absolute Gasteiger partial charge is 0.222 e. The highest BCUT2D eigenvalue weighted by Gasteiger charge is 2.19. The van der Waals surface area contributed by atoms with E-state index < -0.39 is 0 Å². The zero-order valence-corrected chi connectivity index (χ0v) is 17.1. The summed E-state index contributed by atoms with van der Waals surface area (Å²) in [4.78, 5) is 7.31. The fraction of sp³-hybridized carbons (Fsp3) is 0.391. The maximum absolute atomic E-state index is 4.72. The Labute approximate surface area is 176 Å². The third-order valence-electron chi connectivity index (χ3n) is 6.04. The molecule has 0 aliphatic carbocycles. The minimum absolute atomic E-state index is 0.676. The Morgan fingerprint density at radius 3 is 2.63 bits per heavy atom. The van der Waals surface area contributed by atoms with Crippen molar-refractivity contribution < 1.29 is 0 Å². The summed E-state index contributed by atoms with van der Waals surface area (Å²) in [6.07, 6.45) is 4.87.